The van der Waals surface area contributed by atoms with Gasteiger partial charge in [0.15, 0.2) is 0 Å². The fourth-order valence-electron chi connectivity index (χ4n) is 1.77. The molecule has 6 heteroatoms. The van der Waals surface area contributed by atoms with E-state index in [0.717, 1.165) is 5.56 Å². The number of ether oxygens (including phenoxy) is 1. The first-order valence-corrected chi connectivity index (χ1v) is 6.57. The zero-order chi connectivity index (χ0) is 15.7. The van der Waals surface area contributed by atoms with Gasteiger partial charge >= 0.3 is 5.97 Å². The highest BCUT2D eigenvalue weighted by Crippen LogP contribution is 2.13. The molecule has 1 rings (SSSR count). The van der Waals surface area contributed by atoms with Gasteiger partial charge in [0.25, 0.3) is 0 Å². The number of rotatable bonds is 7. The molecule has 0 aliphatic rings. The number of nitrogens with zero attached hydrogens (tertiary/aromatic N) is 2. The lowest BCUT2D eigenvalue weighted by Crippen LogP contribution is -2.39. The van der Waals surface area contributed by atoms with Gasteiger partial charge in [-0.05, 0) is 5.56 Å². The number of nitrogens with one attached hydrogen (secondary N) is 1. The van der Waals surface area contributed by atoms with E-state index in [2.05, 4.69) is 5.32 Å². The molecule has 21 heavy (non-hydrogen) atoms. The molecule has 1 unspecified atom stereocenters. The molecule has 0 radical (unpaired) electrons. The maximum atomic E-state index is 11.9. The molecule has 6 nitrogen and oxygen atoms in total. The third-order valence-electron chi connectivity index (χ3n) is 3.01. The Morgan fingerprint density at radius 1 is 1.38 bits per heavy atom. The number of benzene rings is 1. The van der Waals surface area contributed by atoms with Gasteiger partial charge in [0.2, 0.25) is 5.91 Å². The Bertz CT molecular complexity index is 511. The summed E-state index contributed by atoms with van der Waals surface area (Å²) in [4.78, 5) is 25.2. The molecule has 0 aromatic heterocycles. The van der Waals surface area contributed by atoms with Crippen LogP contribution in [0, 0.1) is 11.3 Å². The van der Waals surface area contributed by atoms with E-state index in [4.69, 9.17) is 10.00 Å². The third kappa shape index (κ3) is 5.24. The number of hydrogen-bond donors (Lipinski definition) is 1. The molecule has 1 amide bonds. The highest BCUT2D eigenvalue weighted by molar-refractivity contribution is 5.81. The Morgan fingerprint density at radius 3 is 2.62 bits per heavy atom. The lowest BCUT2D eigenvalue weighted by molar-refractivity contribution is -0.143. The van der Waals surface area contributed by atoms with Gasteiger partial charge in [0, 0.05) is 13.6 Å². The van der Waals surface area contributed by atoms with Crippen molar-refractivity contribution in [1.82, 2.24) is 10.2 Å². The molecule has 0 spiro atoms. The van der Waals surface area contributed by atoms with Crippen molar-refractivity contribution in [3.63, 3.8) is 0 Å². The van der Waals surface area contributed by atoms with Crippen molar-refractivity contribution < 1.29 is 14.3 Å². The Hall–Kier alpha value is -2.39. The van der Waals surface area contributed by atoms with Crippen LogP contribution in [0.1, 0.15) is 18.0 Å². The fourth-order valence-corrected chi connectivity index (χ4v) is 1.77. The zero-order valence-corrected chi connectivity index (χ0v) is 12.2. The van der Waals surface area contributed by atoms with E-state index in [1.807, 2.05) is 24.3 Å². The van der Waals surface area contributed by atoms with E-state index in [9.17, 15) is 9.59 Å². The fraction of sp³-hybridized carbons (Fsp3) is 0.400. The van der Waals surface area contributed by atoms with Crippen LogP contribution in [-0.2, 0) is 14.3 Å². The number of carbonyl (C=O) groups excluding carboxylic acids is 2. The number of nitriles is 1. The summed E-state index contributed by atoms with van der Waals surface area (Å²) in [6.07, 6.45) is 0.279. The maximum Gasteiger partial charge on any atom is 0.327 e. The largest absolute Gasteiger partial charge is 0.468 e. The first kappa shape index (κ1) is 16.7. The second-order valence-electron chi connectivity index (χ2n) is 4.47. The minimum Gasteiger partial charge on any atom is -0.468 e. The van der Waals surface area contributed by atoms with Crippen molar-refractivity contribution in [2.24, 2.45) is 0 Å². The molecule has 1 aromatic carbocycles. The van der Waals surface area contributed by atoms with Gasteiger partial charge in [0.05, 0.1) is 26.1 Å². The van der Waals surface area contributed by atoms with Gasteiger partial charge in [-0.1, -0.05) is 30.3 Å². The smallest absolute Gasteiger partial charge is 0.327 e. The maximum absolute atomic E-state index is 11.9. The first-order valence-electron chi connectivity index (χ1n) is 6.57. The molecule has 1 atom stereocenters. The van der Waals surface area contributed by atoms with Crippen LogP contribution in [0.25, 0.3) is 0 Å². The molecule has 0 aliphatic heterocycles. The van der Waals surface area contributed by atoms with E-state index in [0.29, 0.717) is 6.54 Å². The standard InChI is InChI=1S/C15H19N3O3/c1-18(10-6-9-16)13(19)11-17-14(15(20)21-2)12-7-4-3-5-8-12/h3-5,7-8,14,17H,6,10-11H2,1-2H3. The predicted molar refractivity (Wildman–Crippen MR) is 77.1 cm³/mol. The van der Waals surface area contributed by atoms with Crippen LogP contribution in [0.15, 0.2) is 30.3 Å². The average Bonchev–Trinajstić information content (AvgIpc) is 2.53. The quantitative estimate of drug-likeness (QED) is 0.753. The van der Waals surface area contributed by atoms with Gasteiger partial charge in [-0.2, -0.15) is 5.26 Å². The van der Waals surface area contributed by atoms with Crippen molar-refractivity contribution in [2.45, 2.75) is 12.5 Å². The normalized spacial score (nSPS) is 11.3. The summed E-state index contributed by atoms with van der Waals surface area (Å²) in [6, 6.07) is 10.3. The summed E-state index contributed by atoms with van der Waals surface area (Å²) < 4.78 is 4.76. The van der Waals surface area contributed by atoms with Crippen LogP contribution < -0.4 is 5.32 Å². The summed E-state index contributed by atoms with van der Waals surface area (Å²) in [7, 11) is 2.93. The molecule has 0 fully saturated rings. The topological polar surface area (TPSA) is 82.4 Å². The second kappa shape index (κ2) is 8.72. The lowest BCUT2D eigenvalue weighted by Gasteiger charge is -2.20. The van der Waals surface area contributed by atoms with E-state index in [-0.39, 0.29) is 18.9 Å². The van der Waals surface area contributed by atoms with Gasteiger partial charge in [-0.25, -0.2) is 4.79 Å². The average molecular weight is 289 g/mol. The summed E-state index contributed by atoms with van der Waals surface area (Å²) in [5, 5.41) is 11.4. The summed E-state index contributed by atoms with van der Waals surface area (Å²) in [5.74, 6) is -0.635. The zero-order valence-electron chi connectivity index (χ0n) is 12.2. The predicted octanol–water partition coefficient (Wildman–Crippen LogP) is 0.862. The minimum absolute atomic E-state index is 0.00338. The van der Waals surface area contributed by atoms with Gasteiger partial charge in [0.1, 0.15) is 6.04 Å². The Kier molecular flexibility index (Phi) is 6.92. The van der Waals surface area contributed by atoms with Crippen LogP contribution in [0.2, 0.25) is 0 Å². The Morgan fingerprint density at radius 2 is 2.05 bits per heavy atom. The summed E-state index contributed by atoms with van der Waals surface area (Å²) in [5.41, 5.74) is 0.733. The molecular formula is C15H19N3O3. The van der Waals surface area contributed by atoms with Gasteiger partial charge in [-0.3, -0.25) is 10.1 Å². The van der Waals surface area contributed by atoms with Crippen molar-refractivity contribution in [3.05, 3.63) is 35.9 Å². The molecule has 0 aliphatic carbocycles. The number of esters is 1. The monoisotopic (exact) mass is 289 g/mol. The third-order valence-corrected chi connectivity index (χ3v) is 3.01. The number of carbonyl (C=O) groups is 2. The van der Waals surface area contributed by atoms with Crippen LogP contribution in [0.4, 0.5) is 0 Å². The Labute approximate surface area is 124 Å². The SMILES string of the molecule is COC(=O)C(NCC(=O)N(C)CCC#N)c1ccccc1. The number of methoxy groups -OCH3 is 1. The second-order valence-corrected chi connectivity index (χ2v) is 4.47. The number of likely N-dealkylation sites (N-methyl/N-ethyl adjacent to an activating group) is 1. The molecule has 0 saturated heterocycles. The van der Waals surface area contributed by atoms with Crippen molar-refractivity contribution in [1.29, 1.82) is 5.26 Å². The number of hydrogen-bond acceptors (Lipinski definition) is 5. The van der Waals surface area contributed by atoms with Gasteiger partial charge in [-0.15, -0.1) is 0 Å². The van der Waals surface area contributed by atoms with Gasteiger partial charge < -0.3 is 9.64 Å². The van der Waals surface area contributed by atoms with E-state index in [1.54, 1.807) is 19.2 Å². The highest BCUT2D eigenvalue weighted by atomic mass is 16.5. The summed E-state index contributed by atoms with van der Waals surface area (Å²) >= 11 is 0. The molecular weight excluding hydrogens is 270 g/mol. The first-order chi connectivity index (χ1) is 10.1. The molecule has 112 valence electrons. The van der Waals surface area contributed by atoms with E-state index in [1.165, 1.54) is 12.0 Å². The minimum atomic E-state index is -0.690. The van der Waals surface area contributed by atoms with Crippen LogP contribution in [0.5, 0.6) is 0 Å². The van der Waals surface area contributed by atoms with Crippen LogP contribution in [-0.4, -0.2) is 44.0 Å². The number of amides is 1. The highest BCUT2D eigenvalue weighted by Gasteiger charge is 2.22. The molecule has 1 N–H and O–H groups in total. The van der Waals surface area contributed by atoms with E-state index >= 15 is 0 Å². The molecule has 0 bridgehead atoms. The van der Waals surface area contributed by atoms with Crippen LogP contribution >= 0.6 is 0 Å². The lowest BCUT2D eigenvalue weighted by atomic mass is 10.1. The summed E-state index contributed by atoms with van der Waals surface area (Å²) in [6.45, 7) is 0.363. The Balaban J connectivity index is 2.65. The molecule has 0 heterocycles. The van der Waals surface area contributed by atoms with Crippen molar-refractivity contribution >= 4 is 11.9 Å². The van der Waals surface area contributed by atoms with Crippen molar-refractivity contribution in [3.8, 4) is 6.07 Å². The molecule has 0 saturated carbocycles. The molecule has 1 aromatic rings. The van der Waals surface area contributed by atoms with E-state index < -0.39 is 12.0 Å². The van der Waals surface area contributed by atoms with Crippen molar-refractivity contribution in [2.75, 3.05) is 27.2 Å². The van der Waals surface area contributed by atoms with Crippen LogP contribution in [0.3, 0.4) is 0 Å².